The van der Waals surface area contributed by atoms with Crippen LogP contribution in [-0.2, 0) is 0 Å². The summed E-state index contributed by atoms with van der Waals surface area (Å²) in [6, 6.07) is 7.39. The van der Waals surface area contributed by atoms with Crippen LogP contribution in [0.15, 0.2) is 36.7 Å². The first-order chi connectivity index (χ1) is 10.3. The molecule has 3 rings (SSSR count). The Morgan fingerprint density at radius 2 is 2.24 bits per heavy atom. The number of methoxy groups -OCH3 is 1. The lowest BCUT2D eigenvalue weighted by Gasteiger charge is -2.34. The van der Waals surface area contributed by atoms with Crippen molar-refractivity contribution in [3.05, 3.63) is 48.0 Å². The molecule has 5 heteroatoms. The molecule has 1 fully saturated rings. The van der Waals surface area contributed by atoms with Crippen LogP contribution < -0.4 is 4.74 Å². The number of rotatable bonds is 3. The van der Waals surface area contributed by atoms with Gasteiger partial charge in [0.05, 0.1) is 18.7 Å². The molecule has 1 aliphatic rings. The molecule has 1 amide bonds. The van der Waals surface area contributed by atoms with Gasteiger partial charge >= 0.3 is 0 Å². The third-order valence-electron chi connectivity index (χ3n) is 3.94. The molecule has 110 valence electrons. The molecule has 2 heterocycles. The zero-order valence-electron chi connectivity index (χ0n) is 12.1. The smallest absolute Gasteiger partial charge is 0.258 e. The zero-order chi connectivity index (χ0) is 14.7. The van der Waals surface area contributed by atoms with Crippen LogP contribution in [-0.4, -0.2) is 34.4 Å². The molecule has 0 radical (unpaired) electrons. The molecule has 1 aromatic heterocycles. The predicted octanol–water partition coefficient (Wildman–Crippen LogP) is 2.79. The standard InChI is InChI=1S/C16H19N3O2/c1-21-14-8-3-2-6-12(14)16(20)19-11-5-4-7-13(19)15-17-9-10-18-15/h2-3,6,8-10,13H,4-5,7,11H2,1H3,(H,17,18). The topological polar surface area (TPSA) is 58.2 Å². The van der Waals surface area contributed by atoms with Gasteiger partial charge < -0.3 is 14.6 Å². The number of benzene rings is 1. The van der Waals surface area contributed by atoms with E-state index in [0.717, 1.165) is 31.6 Å². The average Bonchev–Trinajstić information content (AvgIpc) is 3.08. The van der Waals surface area contributed by atoms with Crippen molar-refractivity contribution >= 4 is 5.91 Å². The van der Waals surface area contributed by atoms with Crippen LogP contribution >= 0.6 is 0 Å². The molecule has 1 atom stereocenters. The Morgan fingerprint density at radius 1 is 1.38 bits per heavy atom. The Balaban J connectivity index is 1.91. The fourth-order valence-corrected chi connectivity index (χ4v) is 2.89. The highest BCUT2D eigenvalue weighted by molar-refractivity contribution is 5.97. The number of amides is 1. The van der Waals surface area contributed by atoms with E-state index < -0.39 is 0 Å². The van der Waals surface area contributed by atoms with E-state index in [-0.39, 0.29) is 11.9 Å². The van der Waals surface area contributed by atoms with E-state index in [9.17, 15) is 4.79 Å². The summed E-state index contributed by atoms with van der Waals surface area (Å²) in [4.78, 5) is 22.3. The highest BCUT2D eigenvalue weighted by Gasteiger charge is 2.31. The van der Waals surface area contributed by atoms with Crippen molar-refractivity contribution in [3.63, 3.8) is 0 Å². The van der Waals surface area contributed by atoms with E-state index in [0.29, 0.717) is 11.3 Å². The van der Waals surface area contributed by atoms with E-state index >= 15 is 0 Å². The van der Waals surface area contributed by atoms with Crippen molar-refractivity contribution in [3.8, 4) is 5.75 Å². The Hall–Kier alpha value is -2.30. The fraction of sp³-hybridized carbons (Fsp3) is 0.375. The van der Waals surface area contributed by atoms with Crippen LogP contribution in [0, 0.1) is 0 Å². The van der Waals surface area contributed by atoms with Crippen molar-refractivity contribution in [1.29, 1.82) is 0 Å². The average molecular weight is 285 g/mol. The number of nitrogens with one attached hydrogen (secondary N) is 1. The molecule has 1 aliphatic heterocycles. The normalized spacial score (nSPS) is 18.5. The first-order valence-corrected chi connectivity index (χ1v) is 7.24. The van der Waals surface area contributed by atoms with E-state index in [1.54, 1.807) is 19.5 Å². The number of hydrogen-bond acceptors (Lipinski definition) is 3. The molecule has 1 unspecified atom stereocenters. The molecule has 0 spiro atoms. The Kier molecular flexibility index (Phi) is 3.90. The van der Waals surface area contributed by atoms with Crippen LogP contribution in [0.3, 0.4) is 0 Å². The summed E-state index contributed by atoms with van der Waals surface area (Å²) in [5.74, 6) is 1.48. The van der Waals surface area contributed by atoms with Gasteiger partial charge in [-0.25, -0.2) is 4.98 Å². The van der Waals surface area contributed by atoms with Gasteiger partial charge in [0.2, 0.25) is 0 Å². The van der Waals surface area contributed by atoms with Crippen molar-refractivity contribution in [2.24, 2.45) is 0 Å². The van der Waals surface area contributed by atoms with Gasteiger partial charge in [0.1, 0.15) is 11.6 Å². The number of imidazole rings is 1. The third-order valence-corrected chi connectivity index (χ3v) is 3.94. The second-order valence-corrected chi connectivity index (χ2v) is 5.18. The first kappa shape index (κ1) is 13.7. The highest BCUT2D eigenvalue weighted by Crippen LogP contribution is 2.31. The number of nitrogens with zero attached hydrogens (tertiary/aromatic N) is 2. The number of likely N-dealkylation sites (tertiary alicyclic amines) is 1. The van der Waals surface area contributed by atoms with Gasteiger partial charge in [-0.2, -0.15) is 0 Å². The number of para-hydroxylation sites is 1. The number of piperidine rings is 1. The summed E-state index contributed by atoms with van der Waals surface area (Å²) in [6.45, 7) is 0.752. The highest BCUT2D eigenvalue weighted by atomic mass is 16.5. The molecular weight excluding hydrogens is 266 g/mol. The Morgan fingerprint density at radius 3 is 3.00 bits per heavy atom. The van der Waals surface area contributed by atoms with Crippen LogP contribution in [0.25, 0.3) is 0 Å². The Bertz CT molecular complexity index is 610. The zero-order valence-corrected chi connectivity index (χ0v) is 12.1. The summed E-state index contributed by atoms with van der Waals surface area (Å²) >= 11 is 0. The summed E-state index contributed by atoms with van der Waals surface area (Å²) < 4.78 is 5.31. The van der Waals surface area contributed by atoms with Gasteiger partial charge in [-0.15, -0.1) is 0 Å². The maximum absolute atomic E-state index is 12.9. The fourth-order valence-electron chi connectivity index (χ4n) is 2.89. The first-order valence-electron chi connectivity index (χ1n) is 7.24. The molecule has 0 saturated carbocycles. The third kappa shape index (κ3) is 2.63. The van der Waals surface area contributed by atoms with Crippen molar-refractivity contribution in [2.75, 3.05) is 13.7 Å². The number of hydrogen-bond donors (Lipinski definition) is 1. The van der Waals surface area contributed by atoms with Crippen LogP contribution in [0.5, 0.6) is 5.75 Å². The van der Waals surface area contributed by atoms with Crippen molar-refractivity contribution in [2.45, 2.75) is 25.3 Å². The molecular formula is C16H19N3O2. The Labute approximate surface area is 124 Å². The van der Waals surface area contributed by atoms with Crippen LogP contribution in [0.4, 0.5) is 0 Å². The number of ether oxygens (including phenoxy) is 1. The van der Waals surface area contributed by atoms with Gasteiger partial charge in [0, 0.05) is 18.9 Å². The monoisotopic (exact) mass is 285 g/mol. The van der Waals surface area contributed by atoms with E-state index in [1.807, 2.05) is 29.2 Å². The maximum atomic E-state index is 12.9. The minimum absolute atomic E-state index is 0.00792. The van der Waals surface area contributed by atoms with Gasteiger partial charge in [-0.05, 0) is 31.4 Å². The lowest BCUT2D eigenvalue weighted by Crippen LogP contribution is -2.39. The summed E-state index contributed by atoms with van der Waals surface area (Å²) in [6.07, 6.45) is 6.61. The summed E-state index contributed by atoms with van der Waals surface area (Å²) in [7, 11) is 1.59. The molecule has 1 saturated heterocycles. The number of carbonyl (C=O) groups is 1. The molecule has 0 aliphatic carbocycles. The molecule has 1 aromatic carbocycles. The SMILES string of the molecule is COc1ccccc1C(=O)N1CCCCC1c1ncc[nH]1. The second kappa shape index (κ2) is 5.99. The minimum atomic E-state index is 0.00792. The summed E-state index contributed by atoms with van der Waals surface area (Å²) in [5, 5.41) is 0. The van der Waals surface area contributed by atoms with E-state index in [2.05, 4.69) is 9.97 Å². The molecule has 5 nitrogen and oxygen atoms in total. The number of aromatic nitrogens is 2. The van der Waals surface area contributed by atoms with E-state index in [1.165, 1.54) is 0 Å². The maximum Gasteiger partial charge on any atom is 0.258 e. The van der Waals surface area contributed by atoms with Gasteiger partial charge in [-0.1, -0.05) is 12.1 Å². The van der Waals surface area contributed by atoms with Crippen LogP contribution in [0.1, 0.15) is 41.5 Å². The van der Waals surface area contributed by atoms with Crippen molar-refractivity contribution in [1.82, 2.24) is 14.9 Å². The molecule has 0 bridgehead atoms. The quantitative estimate of drug-likeness (QED) is 0.943. The minimum Gasteiger partial charge on any atom is -0.496 e. The van der Waals surface area contributed by atoms with Crippen molar-refractivity contribution < 1.29 is 9.53 Å². The molecule has 21 heavy (non-hydrogen) atoms. The van der Waals surface area contributed by atoms with E-state index in [4.69, 9.17) is 4.74 Å². The summed E-state index contributed by atoms with van der Waals surface area (Å²) in [5.41, 5.74) is 0.610. The van der Waals surface area contributed by atoms with Gasteiger partial charge in [0.15, 0.2) is 0 Å². The lowest BCUT2D eigenvalue weighted by molar-refractivity contribution is 0.0597. The van der Waals surface area contributed by atoms with Gasteiger partial charge in [0.25, 0.3) is 5.91 Å². The molecule has 2 aromatic rings. The number of aromatic amines is 1. The molecule has 1 N–H and O–H groups in total. The largest absolute Gasteiger partial charge is 0.496 e. The van der Waals surface area contributed by atoms with Crippen LogP contribution in [0.2, 0.25) is 0 Å². The number of carbonyl (C=O) groups excluding carboxylic acids is 1. The second-order valence-electron chi connectivity index (χ2n) is 5.18. The lowest BCUT2D eigenvalue weighted by atomic mass is 10.00. The number of H-pyrrole nitrogens is 1. The van der Waals surface area contributed by atoms with Gasteiger partial charge in [-0.3, -0.25) is 4.79 Å². The predicted molar refractivity (Wildman–Crippen MR) is 79.2 cm³/mol.